The van der Waals surface area contributed by atoms with E-state index in [-0.39, 0.29) is 17.9 Å². The van der Waals surface area contributed by atoms with Gasteiger partial charge in [0.05, 0.1) is 12.1 Å². The van der Waals surface area contributed by atoms with Gasteiger partial charge < -0.3 is 20.9 Å². The molecule has 18 heavy (non-hydrogen) atoms. The fourth-order valence-electron chi connectivity index (χ4n) is 1.46. The molecular weight excluding hydrogens is 238 g/mol. The summed E-state index contributed by atoms with van der Waals surface area (Å²) >= 11 is 0. The molecule has 0 saturated heterocycles. The number of amides is 1. The summed E-state index contributed by atoms with van der Waals surface area (Å²) in [4.78, 5) is 26.0. The van der Waals surface area contributed by atoms with Crippen LogP contribution in [0.1, 0.15) is 15.9 Å². The largest absolute Gasteiger partial charge is 0.479 e. The number of anilines is 1. The van der Waals surface area contributed by atoms with E-state index in [9.17, 15) is 9.59 Å². The highest BCUT2D eigenvalue weighted by Gasteiger charge is 2.18. The van der Waals surface area contributed by atoms with Crippen molar-refractivity contribution < 1.29 is 19.4 Å². The molecule has 1 aromatic heterocycles. The summed E-state index contributed by atoms with van der Waals surface area (Å²) in [5.41, 5.74) is 6.17. The number of nitrogens with zero attached hydrogens (tertiary/aromatic N) is 1. The number of carboxylic acid groups (broad SMARTS) is 1. The number of methoxy groups -OCH3 is 1. The Balaban J connectivity index is 2.88. The average Bonchev–Trinajstić information content (AvgIpc) is 2.28. The van der Waals surface area contributed by atoms with Crippen LogP contribution in [0, 0.1) is 6.92 Å². The minimum Gasteiger partial charge on any atom is -0.479 e. The summed E-state index contributed by atoms with van der Waals surface area (Å²) < 4.78 is 4.76. The Labute approximate surface area is 104 Å². The fourth-order valence-corrected chi connectivity index (χ4v) is 1.46. The van der Waals surface area contributed by atoms with Gasteiger partial charge in [0.25, 0.3) is 5.91 Å². The lowest BCUT2D eigenvalue weighted by Gasteiger charge is -2.14. The van der Waals surface area contributed by atoms with Crippen molar-refractivity contribution >= 4 is 17.7 Å². The standard InChI is InChI=1S/C11H15N3O4/c1-6-3-4-13-10(8(6)9(12)15)14-5-7(18-2)11(16)17/h3-4,7H,5H2,1-2H3,(H2,12,15)(H,13,14)(H,16,17). The molecule has 0 radical (unpaired) electrons. The number of ether oxygens (including phenoxy) is 1. The Kier molecular flexibility index (Phi) is 4.61. The zero-order chi connectivity index (χ0) is 13.7. The van der Waals surface area contributed by atoms with Crippen LogP contribution < -0.4 is 11.1 Å². The van der Waals surface area contributed by atoms with E-state index in [4.69, 9.17) is 15.6 Å². The van der Waals surface area contributed by atoms with Crippen molar-refractivity contribution in [3.05, 3.63) is 23.4 Å². The molecule has 0 spiro atoms. The Bertz CT molecular complexity index is 462. The summed E-state index contributed by atoms with van der Waals surface area (Å²) in [7, 11) is 1.29. The number of rotatable bonds is 6. The number of hydrogen-bond donors (Lipinski definition) is 3. The predicted molar refractivity (Wildman–Crippen MR) is 64.4 cm³/mol. The van der Waals surface area contributed by atoms with Crippen LogP contribution in [0.5, 0.6) is 0 Å². The second kappa shape index (κ2) is 5.97. The minimum atomic E-state index is -1.10. The number of nitrogens with one attached hydrogen (secondary N) is 1. The predicted octanol–water partition coefficient (Wildman–Crippen LogP) is 0.000420. The number of primary amides is 1. The smallest absolute Gasteiger partial charge is 0.334 e. The van der Waals surface area contributed by atoms with Crippen LogP contribution in [-0.2, 0) is 9.53 Å². The van der Waals surface area contributed by atoms with Gasteiger partial charge in [-0.05, 0) is 18.6 Å². The summed E-state index contributed by atoms with van der Waals surface area (Å²) in [6.07, 6.45) is 0.486. The third-order valence-corrected chi connectivity index (χ3v) is 2.42. The zero-order valence-electron chi connectivity index (χ0n) is 10.1. The van der Waals surface area contributed by atoms with Crippen molar-refractivity contribution in [2.24, 2.45) is 5.73 Å². The quantitative estimate of drug-likeness (QED) is 0.657. The Morgan fingerprint density at radius 2 is 2.28 bits per heavy atom. The molecule has 0 fully saturated rings. The Hall–Kier alpha value is -2.15. The number of hydrogen-bond acceptors (Lipinski definition) is 5. The molecule has 0 bridgehead atoms. The third kappa shape index (κ3) is 3.17. The summed E-state index contributed by atoms with van der Waals surface area (Å²) in [6, 6.07) is 1.65. The van der Waals surface area contributed by atoms with Gasteiger partial charge >= 0.3 is 5.97 Å². The number of nitrogens with two attached hydrogens (primary N) is 1. The van der Waals surface area contributed by atoms with Crippen molar-refractivity contribution in [1.82, 2.24) is 4.98 Å². The molecule has 4 N–H and O–H groups in total. The van der Waals surface area contributed by atoms with Crippen molar-refractivity contribution in [2.45, 2.75) is 13.0 Å². The monoisotopic (exact) mass is 253 g/mol. The van der Waals surface area contributed by atoms with E-state index in [1.54, 1.807) is 13.0 Å². The number of carboxylic acids is 1. The molecule has 98 valence electrons. The van der Waals surface area contributed by atoms with E-state index in [1.165, 1.54) is 13.3 Å². The van der Waals surface area contributed by atoms with E-state index in [0.717, 1.165) is 0 Å². The number of aryl methyl sites for hydroxylation is 1. The van der Waals surface area contributed by atoms with E-state index in [1.807, 2.05) is 0 Å². The maximum Gasteiger partial charge on any atom is 0.334 e. The summed E-state index contributed by atoms with van der Waals surface area (Å²) in [6.45, 7) is 1.71. The van der Waals surface area contributed by atoms with E-state index < -0.39 is 18.0 Å². The first kappa shape index (κ1) is 13.9. The summed E-state index contributed by atoms with van der Waals surface area (Å²) in [5, 5.41) is 11.6. The highest BCUT2D eigenvalue weighted by atomic mass is 16.5. The van der Waals surface area contributed by atoms with Crippen LogP contribution in [0.3, 0.4) is 0 Å². The first-order valence-corrected chi connectivity index (χ1v) is 5.22. The molecule has 1 heterocycles. The van der Waals surface area contributed by atoms with Gasteiger partial charge in [-0.2, -0.15) is 0 Å². The van der Waals surface area contributed by atoms with Crippen molar-refractivity contribution in [1.29, 1.82) is 0 Å². The number of aliphatic carboxylic acids is 1. The van der Waals surface area contributed by atoms with Crippen LogP contribution in [0.2, 0.25) is 0 Å². The molecule has 1 aromatic rings. The van der Waals surface area contributed by atoms with Gasteiger partial charge in [-0.15, -0.1) is 0 Å². The van der Waals surface area contributed by atoms with Gasteiger partial charge in [-0.1, -0.05) is 0 Å². The number of carbonyl (C=O) groups is 2. The first-order valence-electron chi connectivity index (χ1n) is 5.22. The van der Waals surface area contributed by atoms with Crippen LogP contribution in [-0.4, -0.2) is 41.7 Å². The lowest BCUT2D eigenvalue weighted by Crippen LogP contribution is -2.31. The van der Waals surface area contributed by atoms with E-state index in [2.05, 4.69) is 10.3 Å². The molecular formula is C11H15N3O4. The second-order valence-electron chi connectivity index (χ2n) is 3.66. The van der Waals surface area contributed by atoms with Crippen LogP contribution in [0.25, 0.3) is 0 Å². The average molecular weight is 253 g/mol. The minimum absolute atomic E-state index is 0.0113. The lowest BCUT2D eigenvalue weighted by molar-refractivity contribution is -0.147. The van der Waals surface area contributed by atoms with E-state index in [0.29, 0.717) is 5.56 Å². The SMILES string of the molecule is COC(CNc1nccc(C)c1C(N)=O)C(=O)O. The molecule has 0 aliphatic heterocycles. The maximum atomic E-state index is 11.3. The van der Waals surface area contributed by atoms with Crippen LogP contribution in [0.4, 0.5) is 5.82 Å². The van der Waals surface area contributed by atoms with Crippen molar-refractivity contribution in [2.75, 3.05) is 19.0 Å². The van der Waals surface area contributed by atoms with Gasteiger partial charge in [-0.3, -0.25) is 4.79 Å². The molecule has 1 atom stereocenters. The third-order valence-electron chi connectivity index (χ3n) is 2.42. The molecule has 1 amide bonds. The summed E-state index contributed by atoms with van der Waals surface area (Å²) in [5.74, 6) is -1.46. The molecule has 7 heteroatoms. The molecule has 0 saturated carbocycles. The second-order valence-corrected chi connectivity index (χ2v) is 3.66. The number of pyridine rings is 1. The molecule has 0 aromatic carbocycles. The molecule has 0 aliphatic rings. The Morgan fingerprint density at radius 1 is 1.61 bits per heavy atom. The highest BCUT2D eigenvalue weighted by Crippen LogP contribution is 2.15. The maximum absolute atomic E-state index is 11.3. The van der Waals surface area contributed by atoms with Gasteiger partial charge in [0.1, 0.15) is 5.82 Å². The van der Waals surface area contributed by atoms with Gasteiger partial charge in [0.2, 0.25) is 0 Å². The topological polar surface area (TPSA) is 115 Å². The van der Waals surface area contributed by atoms with E-state index >= 15 is 0 Å². The molecule has 7 nitrogen and oxygen atoms in total. The van der Waals surface area contributed by atoms with Gasteiger partial charge in [-0.25, -0.2) is 9.78 Å². The number of carbonyl (C=O) groups excluding carboxylic acids is 1. The fraction of sp³-hybridized carbons (Fsp3) is 0.364. The molecule has 0 aliphatic carbocycles. The molecule has 1 rings (SSSR count). The van der Waals surface area contributed by atoms with Crippen molar-refractivity contribution in [3.63, 3.8) is 0 Å². The van der Waals surface area contributed by atoms with Crippen LogP contribution >= 0.6 is 0 Å². The Morgan fingerprint density at radius 3 is 2.78 bits per heavy atom. The van der Waals surface area contributed by atoms with Crippen molar-refractivity contribution in [3.8, 4) is 0 Å². The highest BCUT2D eigenvalue weighted by molar-refractivity contribution is 5.99. The zero-order valence-corrected chi connectivity index (χ0v) is 10.1. The number of aromatic nitrogens is 1. The van der Waals surface area contributed by atoms with Gasteiger partial charge in [0, 0.05) is 13.3 Å². The first-order chi connectivity index (χ1) is 8.47. The normalized spacial score (nSPS) is 11.9. The lowest BCUT2D eigenvalue weighted by atomic mass is 10.1. The molecule has 1 unspecified atom stereocenters. The van der Waals surface area contributed by atoms with Gasteiger partial charge in [0.15, 0.2) is 6.10 Å². The van der Waals surface area contributed by atoms with Crippen LogP contribution in [0.15, 0.2) is 12.3 Å².